The lowest BCUT2D eigenvalue weighted by Gasteiger charge is -2.28. The van der Waals surface area contributed by atoms with E-state index in [2.05, 4.69) is 31.9 Å². The maximum Gasteiger partial charge on any atom is 0.303 e. The average Bonchev–Trinajstić information content (AvgIpc) is 3.14. The van der Waals surface area contributed by atoms with Crippen molar-refractivity contribution < 1.29 is 59.1 Å². The normalized spacial score (nSPS) is 15.5. The molecule has 1 rings (SSSR count). The first-order chi connectivity index (χ1) is 25.6. The Morgan fingerprint density at radius 2 is 1.28 bits per heavy atom. The lowest BCUT2D eigenvalue weighted by molar-refractivity contribution is -0.139. The van der Waals surface area contributed by atoms with Crippen LogP contribution in [0.5, 0.6) is 0 Å². The number of aliphatic hydroxyl groups is 4. The van der Waals surface area contributed by atoms with Gasteiger partial charge in [0, 0.05) is 13.0 Å². The smallest absolute Gasteiger partial charge is 0.303 e. The molecule has 0 aromatic heterocycles. The van der Waals surface area contributed by atoms with Crippen LogP contribution < -0.4 is 49.1 Å². The zero-order valence-electron chi connectivity index (χ0n) is 30.1. The van der Waals surface area contributed by atoms with Gasteiger partial charge in [-0.3, -0.25) is 33.6 Å². The molecule has 8 atom stereocenters. The van der Waals surface area contributed by atoms with Crippen LogP contribution >= 0.6 is 0 Å². The van der Waals surface area contributed by atoms with Crippen molar-refractivity contribution in [1.29, 1.82) is 0 Å². The Labute approximate surface area is 312 Å². The molecular formula is C33H55N9O12. The molecule has 0 bridgehead atoms. The van der Waals surface area contributed by atoms with E-state index in [1.165, 1.54) is 0 Å². The monoisotopic (exact) mass is 769 g/mol. The summed E-state index contributed by atoms with van der Waals surface area (Å²) in [7, 11) is 0. The summed E-state index contributed by atoms with van der Waals surface area (Å²) in [5, 5.41) is 63.0. The molecular weight excluding hydrogens is 714 g/mol. The molecule has 21 nitrogen and oxygen atoms in total. The van der Waals surface area contributed by atoms with Gasteiger partial charge in [-0.05, 0) is 51.1 Å². The molecule has 304 valence electrons. The number of unbranched alkanes of at least 4 members (excludes halogenated alkanes) is 1. The molecule has 0 heterocycles. The van der Waals surface area contributed by atoms with Crippen LogP contribution in [0.2, 0.25) is 0 Å². The summed E-state index contributed by atoms with van der Waals surface area (Å²) in [5.41, 5.74) is 17.4. The van der Waals surface area contributed by atoms with Gasteiger partial charge in [0.25, 0.3) is 0 Å². The van der Waals surface area contributed by atoms with Crippen molar-refractivity contribution in [3.63, 3.8) is 0 Å². The van der Waals surface area contributed by atoms with Gasteiger partial charge in [-0.1, -0.05) is 30.3 Å². The van der Waals surface area contributed by atoms with E-state index in [0.717, 1.165) is 12.5 Å². The van der Waals surface area contributed by atoms with E-state index in [0.29, 0.717) is 12.8 Å². The molecule has 17 N–H and O–H groups in total. The van der Waals surface area contributed by atoms with Gasteiger partial charge in [-0.2, -0.15) is 0 Å². The van der Waals surface area contributed by atoms with E-state index >= 15 is 0 Å². The van der Waals surface area contributed by atoms with E-state index < -0.39 is 122 Å². The maximum atomic E-state index is 13.4. The summed E-state index contributed by atoms with van der Waals surface area (Å²) in [4.78, 5) is 88.2. The van der Waals surface area contributed by atoms with Crippen LogP contribution in [0.25, 0.3) is 0 Å². The van der Waals surface area contributed by atoms with Crippen molar-refractivity contribution in [2.45, 2.75) is 93.8 Å². The van der Waals surface area contributed by atoms with Crippen LogP contribution in [-0.4, -0.2) is 148 Å². The SMILES string of the molecule is C[C@@H](O)[C@H](NC(=O)[C@H](CCC(=O)O)NC(=O)[C@@H](N)CO)C(=O)N[C@H](CO)C(=O)N[C@H](CCCCN)C(=O)N[C@H](CO)CN[C@H](Cc1ccccc1)C(N)=O. The molecule has 0 aliphatic heterocycles. The second-order valence-corrected chi connectivity index (χ2v) is 12.5. The third-order valence-electron chi connectivity index (χ3n) is 8.07. The third kappa shape index (κ3) is 17.4. The second kappa shape index (κ2) is 25.3. The zero-order chi connectivity index (χ0) is 40.8. The predicted molar refractivity (Wildman–Crippen MR) is 191 cm³/mol. The highest BCUT2D eigenvalue weighted by molar-refractivity contribution is 5.96. The number of hydrogen-bond donors (Lipinski definition) is 14. The molecule has 0 saturated carbocycles. The third-order valence-corrected chi connectivity index (χ3v) is 8.07. The Morgan fingerprint density at radius 3 is 1.81 bits per heavy atom. The van der Waals surface area contributed by atoms with Crippen molar-refractivity contribution in [1.82, 2.24) is 31.9 Å². The summed E-state index contributed by atoms with van der Waals surface area (Å²) in [6.07, 6.45) is -1.53. The van der Waals surface area contributed by atoms with Gasteiger partial charge in [0.05, 0.1) is 38.0 Å². The summed E-state index contributed by atoms with van der Waals surface area (Å²) in [5.74, 6) is -7.02. The van der Waals surface area contributed by atoms with E-state index in [1.54, 1.807) is 24.3 Å². The number of hydrogen-bond acceptors (Lipinski definition) is 14. The van der Waals surface area contributed by atoms with E-state index in [9.17, 15) is 48.9 Å². The number of aliphatic carboxylic acids is 1. The quantitative estimate of drug-likeness (QED) is 0.0370. The largest absolute Gasteiger partial charge is 0.481 e. The maximum absolute atomic E-state index is 13.4. The first-order valence-corrected chi connectivity index (χ1v) is 17.3. The molecule has 0 aliphatic carbocycles. The Balaban J connectivity index is 3.05. The van der Waals surface area contributed by atoms with Gasteiger partial charge < -0.3 is 74.6 Å². The lowest BCUT2D eigenvalue weighted by atomic mass is 10.0. The number of primary amides is 1. The van der Waals surface area contributed by atoms with Crippen molar-refractivity contribution in [2.75, 3.05) is 32.9 Å². The molecule has 0 saturated heterocycles. The Kier molecular flexibility index (Phi) is 22.1. The summed E-state index contributed by atoms with van der Waals surface area (Å²) in [6.45, 7) is -1.03. The lowest BCUT2D eigenvalue weighted by Crippen LogP contribution is -2.62. The molecule has 21 heteroatoms. The molecule has 0 radical (unpaired) electrons. The number of benzene rings is 1. The van der Waals surface area contributed by atoms with Gasteiger partial charge in [-0.25, -0.2) is 0 Å². The van der Waals surface area contributed by atoms with Gasteiger partial charge in [-0.15, -0.1) is 0 Å². The van der Waals surface area contributed by atoms with Crippen molar-refractivity contribution in [3.8, 4) is 0 Å². The van der Waals surface area contributed by atoms with Gasteiger partial charge in [0.2, 0.25) is 35.4 Å². The Hall–Kier alpha value is -4.77. The fourth-order valence-corrected chi connectivity index (χ4v) is 4.92. The number of aliphatic hydroxyl groups excluding tert-OH is 4. The number of carbonyl (C=O) groups excluding carboxylic acids is 6. The Morgan fingerprint density at radius 1 is 0.704 bits per heavy atom. The van der Waals surface area contributed by atoms with E-state index in [-0.39, 0.29) is 25.9 Å². The van der Waals surface area contributed by atoms with Crippen LogP contribution in [0.3, 0.4) is 0 Å². The van der Waals surface area contributed by atoms with Gasteiger partial charge >= 0.3 is 5.97 Å². The highest BCUT2D eigenvalue weighted by Gasteiger charge is 2.34. The summed E-state index contributed by atoms with van der Waals surface area (Å²) in [6, 6.07) is -0.517. The minimum absolute atomic E-state index is 0.0557. The first kappa shape index (κ1) is 47.3. The molecule has 0 unspecified atom stereocenters. The van der Waals surface area contributed by atoms with Gasteiger partial charge in [0.1, 0.15) is 30.2 Å². The zero-order valence-corrected chi connectivity index (χ0v) is 30.1. The van der Waals surface area contributed by atoms with Crippen molar-refractivity contribution in [2.24, 2.45) is 17.2 Å². The van der Waals surface area contributed by atoms with Crippen LogP contribution in [0.1, 0.15) is 44.6 Å². The average molecular weight is 770 g/mol. The molecule has 54 heavy (non-hydrogen) atoms. The minimum Gasteiger partial charge on any atom is -0.481 e. The number of carbonyl (C=O) groups is 7. The fourth-order valence-electron chi connectivity index (χ4n) is 4.92. The van der Waals surface area contributed by atoms with E-state index in [4.69, 9.17) is 27.4 Å². The molecule has 0 spiro atoms. The minimum atomic E-state index is -1.79. The molecule has 1 aromatic carbocycles. The standard InChI is InChI=1S/C33H55N9O12/c1-18(46)27(42-31(52)23(10-11-26(47)48)39-29(50)21(35)16-44)33(54)41-25(17-45)32(53)40-22(9-5-6-12-34)30(51)38-20(15-43)14-37-24(28(36)49)13-19-7-3-2-4-8-19/h2-4,7-8,18,20-25,27,37,43-46H,5-6,9-17,34-35H2,1H3,(H2,36,49)(H,38,51)(H,39,50)(H,40,53)(H,41,54)(H,42,52)(H,47,48)/t18-,20+,21+,22-,23+,24-,25-,27+/m1/s1. The first-order valence-electron chi connectivity index (χ1n) is 17.3. The van der Waals surface area contributed by atoms with Gasteiger partial charge in [0.15, 0.2) is 0 Å². The number of carboxylic acids is 1. The highest BCUT2D eigenvalue weighted by atomic mass is 16.4. The number of carboxylic acid groups (broad SMARTS) is 1. The summed E-state index contributed by atoms with van der Waals surface area (Å²) < 4.78 is 0. The topological polar surface area (TPSA) is 371 Å². The van der Waals surface area contributed by atoms with Crippen molar-refractivity contribution >= 4 is 41.4 Å². The highest BCUT2D eigenvalue weighted by Crippen LogP contribution is 2.06. The molecule has 0 aliphatic rings. The van der Waals surface area contributed by atoms with Crippen molar-refractivity contribution in [3.05, 3.63) is 35.9 Å². The molecule has 0 fully saturated rings. The summed E-state index contributed by atoms with van der Waals surface area (Å²) >= 11 is 0. The number of nitrogens with one attached hydrogen (secondary N) is 6. The second-order valence-electron chi connectivity index (χ2n) is 12.5. The van der Waals surface area contributed by atoms with Crippen LogP contribution in [0.15, 0.2) is 30.3 Å². The van der Waals surface area contributed by atoms with Crippen LogP contribution in [-0.2, 0) is 40.0 Å². The number of amides is 6. The molecule has 1 aromatic rings. The van der Waals surface area contributed by atoms with Crippen LogP contribution in [0.4, 0.5) is 0 Å². The molecule has 6 amide bonds. The Bertz CT molecular complexity index is 1370. The number of rotatable bonds is 27. The predicted octanol–water partition coefficient (Wildman–Crippen LogP) is -6.22. The fraction of sp³-hybridized carbons (Fsp3) is 0.606. The number of nitrogens with two attached hydrogens (primary N) is 3. The van der Waals surface area contributed by atoms with Crippen LogP contribution in [0, 0.1) is 0 Å². The van der Waals surface area contributed by atoms with E-state index in [1.807, 2.05) is 6.07 Å².